The number of nitrogens with two attached hydrogens (primary N) is 1. The number of hydrogen-bond acceptors (Lipinski definition) is 2. The summed E-state index contributed by atoms with van der Waals surface area (Å²) >= 11 is 0. The fourth-order valence-corrected chi connectivity index (χ4v) is 2.31. The molecule has 0 saturated carbocycles. The number of nitrogens with one attached hydrogen (secondary N) is 1. The van der Waals surface area contributed by atoms with Crippen LogP contribution >= 0.6 is 0 Å². The Labute approximate surface area is 135 Å². The van der Waals surface area contributed by atoms with E-state index in [4.69, 9.17) is 5.73 Å². The minimum absolute atomic E-state index is 0.403. The molecule has 5 nitrogen and oxygen atoms in total. The largest absolute Gasteiger partial charge is 0.370 e. The summed E-state index contributed by atoms with van der Waals surface area (Å²) in [4.78, 5) is 4.40. The van der Waals surface area contributed by atoms with Gasteiger partial charge in [-0.2, -0.15) is 5.10 Å². The van der Waals surface area contributed by atoms with E-state index in [0.29, 0.717) is 12.5 Å². The molecule has 0 aliphatic carbocycles. The molecule has 0 atom stereocenters. The SMILES string of the molecule is Cc1cccc(NC(N)=NCc2cccc(-n3cccn3)c2)c1. The van der Waals surface area contributed by atoms with Crippen molar-refractivity contribution in [2.45, 2.75) is 13.5 Å². The molecule has 3 rings (SSSR count). The number of hydrogen-bond donors (Lipinski definition) is 2. The number of aliphatic imine (C=N–C) groups is 1. The highest BCUT2D eigenvalue weighted by molar-refractivity contribution is 5.92. The predicted octanol–water partition coefficient (Wildman–Crippen LogP) is 3.11. The zero-order chi connectivity index (χ0) is 16.1. The predicted molar refractivity (Wildman–Crippen MR) is 93.7 cm³/mol. The molecule has 0 spiro atoms. The van der Waals surface area contributed by atoms with Crippen molar-refractivity contribution in [1.82, 2.24) is 9.78 Å². The summed E-state index contributed by atoms with van der Waals surface area (Å²) < 4.78 is 1.82. The van der Waals surface area contributed by atoms with Gasteiger partial charge in [-0.25, -0.2) is 9.67 Å². The smallest absolute Gasteiger partial charge is 0.193 e. The molecular formula is C18H19N5. The van der Waals surface area contributed by atoms with Crippen LogP contribution in [-0.2, 0) is 6.54 Å². The Morgan fingerprint density at radius 3 is 2.83 bits per heavy atom. The van der Waals surface area contributed by atoms with Gasteiger partial charge >= 0.3 is 0 Å². The van der Waals surface area contributed by atoms with Gasteiger partial charge in [0.25, 0.3) is 0 Å². The third-order valence-electron chi connectivity index (χ3n) is 3.40. The van der Waals surface area contributed by atoms with E-state index < -0.39 is 0 Å². The van der Waals surface area contributed by atoms with Crippen LogP contribution in [-0.4, -0.2) is 15.7 Å². The lowest BCUT2D eigenvalue weighted by atomic mass is 10.2. The molecule has 0 saturated heterocycles. The first-order valence-electron chi connectivity index (χ1n) is 7.43. The Kier molecular flexibility index (Phi) is 4.38. The maximum absolute atomic E-state index is 5.96. The van der Waals surface area contributed by atoms with Gasteiger partial charge in [0.1, 0.15) is 0 Å². The van der Waals surface area contributed by atoms with Crippen molar-refractivity contribution in [3.63, 3.8) is 0 Å². The molecule has 0 radical (unpaired) electrons. The van der Waals surface area contributed by atoms with Crippen LogP contribution in [0.1, 0.15) is 11.1 Å². The maximum Gasteiger partial charge on any atom is 0.193 e. The molecule has 0 fully saturated rings. The van der Waals surface area contributed by atoms with Gasteiger partial charge in [-0.3, -0.25) is 0 Å². The summed E-state index contributed by atoms with van der Waals surface area (Å²) in [6.07, 6.45) is 3.67. The Balaban J connectivity index is 1.68. The molecule has 0 bridgehead atoms. The second-order valence-electron chi connectivity index (χ2n) is 5.32. The first-order chi connectivity index (χ1) is 11.2. The average molecular weight is 305 g/mol. The lowest BCUT2D eigenvalue weighted by Crippen LogP contribution is -2.22. The molecule has 0 amide bonds. The first-order valence-corrected chi connectivity index (χ1v) is 7.43. The highest BCUT2D eigenvalue weighted by Crippen LogP contribution is 2.11. The van der Waals surface area contributed by atoms with Crippen molar-refractivity contribution in [2.24, 2.45) is 10.7 Å². The van der Waals surface area contributed by atoms with Crippen LogP contribution in [0.4, 0.5) is 5.69 Å². The van der Waals surface area contributed by atoms with E-state index in [1.54, 1.807) is 6.20 Å². The number of nitrogens with zero attached hydrogens (tertiary/aromatic N) is 3. The van der Waals surface area contributed by atoms with Crippen LogP contribution in [0.3, 0.4) is 0 Å². The molecule has 5 heteroatoms. The maximum atomic E-state index is 5.96. The number of anilines is 1. The Morgan fingerprint density at radius 2 is 2.04 bits per heavy atom. The summed E-state index contributed by atoms with van der Waals surface area (Å²) in [7, 11) is 0. The topological polar surface area (TPSA) is 68.2 Å². The van der Waals surface area contributed by atoms with Gasteiger partial charge in [-0.1, -0.05) is 24.3 Å². The average Bonchev–Trinajstić information content (AvgIpc) is 3.08. The van der Waals surface area contributed by atoms with Crippen LogP contribution in [0.15, 0.2) is 72.0 Å². The molecule has 0 aliphatic heterocycles. The molecule has 0 aliphatic rings. The minimum atomic E-state index is 0.403. The molecular weight excluding hydrogens is 286 g/mol. The number of guanidine groups is 1. The highest BCUT2D eigenvalue weighted by Gasteiger charge is 1.99. The second-order valence-corrected chi connectivity index (χ2v) is 5.32. The van der Waals surface area contributed by atoms with Crippen LogP contribution in [0.2, 0.25) is 0 Å². The summed E-state index contributed by atoms with van der Waals surface area (Å²) in [5.74, 6) is 0.403. The summed E-state index contributed by atoms with van der Waals surface area (Å²) in [6.45, 7) is 2.55. The van der Waals surface area contributed by atoms with Gasteiger partial charge < -0.3 is 11.1 Å². The van der Waals surface area contributed by atoms with E-state index in [1.807, 2.05) is 66.3 Å². The normalized spacial score (nSPS) is 11.4. The quantitative estimate of drug-likeness (QED) is 0.575. The van der Waals surface area contributed by atoms with Crippen molar-refractivity contribution in [2.75, 3.05) is 5.32 Å². The number of rotatable bonds is 4. The van der Waals surface area contributed by atoms with Crippen molar-refractivity contribution in [1.29, 1.82) is 0 Å². The third kappa shape index (κ3) is 3.97. The number of benzene rings is 2. The molecule has 2 aromatic carbocycles. The zero-order valence-electron chi connectivity index (χ0n) is 13.0. The number of aryl methyl sites for hydroxylation is 1. The fraction of sp³-hybridized carbons (Fsp3) is 0.111. The Bertz CT molecular complexity index is 806. The van der Waals surface area contributed by atoms with E-state index in [2.05, 4.69) is 21.5 Å². The van der Waals surface area contributed by atoms with Crippen LogP contribution in [0.25, 0.3) is 5.69 Å². The summed E-state index contributed by atoms with van der Waals surface area (Å²) in [5.41, 5.74) is 10.2. The van der Waals surface area contributed by atoms with Crippen molar-refractivity contribution in [3.05, 3.63) is 78.1 Å². The van der Waals surface area contributed by atoms with E-state index >= 15 is 0 Å². The van der Waals surface area contributed by atoms with Gasteiger partial charge in [0, 0.05) is 18.1 Å². The van der Waals surface area contributed by atoms with Crippen molar-refractivity contribution >= 4 is 11.6 Å². The van der Waals surface area contributed by atoms with Crippen molar-refractivity contribution < 1.29 is 0 Å². The summed E-state index contributed by atoms with van der Waals surface area (Å²) in [6, 6.07) is 18.0. The zero-order valence-corrected chi connectivity index (χ0v) is 13.0. The van der Waals surface area contributed by atoms with E-state index in [9.17, 15) is 0 Å². The van der Waals surface area contributed by atoms with Crippen LogP contribution in [0, 0.1) is 6.92 Å². The first kappa shape index (κ1) is 14.8. The molecule has 116 valence electrons. The minimum Gasteiger partial charge on any atom is -0.370 e. The molecule has 0 unspecified atom stereocenters. The van der Waals surface area contributed by atoms with Gasteiger partial charge in [-0.05, 0) is 48.4 Å². The monoisotopic (exact) mass is 305 g/mol. The second kappa shape index (κ2) is 6.79. The van der Waals surface area contributed by atoms with Gasteiger partial charge in [0.05, 0.1) is 12.2 Å². The van der Waals surface area contributed by atoms with Gasteiger partial charge in [-0.15, -0.1) is 0 Å². The molecule has 3 aromatic rings. The standard InChI is InChI=1S/C18H19N5/c1-14-5-2-7-16(11-14)22-18(19)20-13-15-6-3-8-17(12-15)23-10-4-9-21-23/h2-12H,13H2,1H3,(H3,19,20,22). The number of aromatic nitrogens is 2. The molecule has 3 N–H and O–H groups in total. The van der Waals surface area contributed by atoms with Gasteiger partial charge in [0.15, 0.2) is 5.96 Å². The fourth-order valence-electron chi connectivity index (χ4n) is 2.31. The van der Waals surface area contributed by atoms with Crippen LogP contribution in [0.5, 0.6) is 0 Å². The highest BCUT2D eigenvalue weighted by atomic mass is 15.3. The third-order valence-corrected chi connectivity index (χ3v) is 3.40. The van der Waals surface area contributed by atoms with E-state index in [1.165, 1.54) is 5.56 Å². The van der Waals surface area contributed by atoms with Crippen LogP contribution < -0.4 is 11.1 Å². The van der Waals surface area contributed by atoms with E-state index in [-0.39, 0.29) is 0 Å². The molecule has 23 heavy (non-hydrogen) atoms. The lowest BCUT2D eigenvalue weighted by Gasteiger charge is -2.07. The Morgan fingerprint density at radius 1 is 1.17 bits per heavy atom. The van der Waals surface area contributed by atoms with Crippen molar-refractivity contribution in [3.8, 4) is 5.69 Å². The molecule has 1 heterocycles. The van der Waals surface area contributed by atoms with Gasteiger partial charge in [0.2, 0.25) is 0 Å². The van der Waals surface area contributed by atoms with E-state index in [0.717, 1.165) is 16.9 Å². The Hall–Kier alpha value is -3.08. The molecule has 1 aromatic heterocycles. The lowest BCUT2D eigenvalue weighted by molar-refractivity contribution is 0.876. The summed E-state index contributed by atoms with van der Waals surface area (Å²) in [5, 5.41) is 7.34.